The minimum absolute atomic E-state index is 0.0211. The van der Waals surface area contributed by atoms with E-state index in [1.54, 1.807) is 12.1 Å². The molecular weight excluding hydrogens is 250 g/mol. The Labute approximate surface area is 108 Å². The maximum Gasteiger partial charge on any atom is 0.239 e. The second-order valence-electron chi connectivity index (χ2n) is 4.50. The quantitative estimate of drug-likeness (QED) is 0.891. The lowest BCUT2D eigenvalue weighted by atomic mass is 10.0. The Balaban J connectivity index is 2.65. The van der Waals surface area contributed by atoms with E-state index in [1.165, 1.54) is 12.5 Å². The van der Waals surface area contributed by atoms with Crippen molar-refractivity contribution in [3.05, 3.63) is 29.8 Å². The Morgan fingerprint density at radius 2 is 1.78 bits per heavy atom. The van der Waals surface area contributed by atoms with Crippen LogP contribution in [0.2, 0.25) is 0 Å². The molecular formula is C13H19NO3S. The molecule has 0 heterocycles. The molecule has 0 atom stereocenters. The van der Waals surface area contributed by atoms with Crippen LogP contribution in [0.3, 0.4) is 0 Å². The van der Waals surface area contributed by atoms with E-state index in [0.29, 0.717) is 11.6 Å². The van der Waals surface area contributed by atoms with Gasteiger partial charge in [-0.25, -0.2) is 8.42 Å². The van der Waals surface area contributed by atoms with Gasteiger partial charge in [0.2, 0.25) is 5.91 Å². The number of anilines is 1. The summed E-state index contributed by atoms with van der Waals surface area (Å²) in [5.74, 6) is -0.549. The number of hydrogen-bond acceptors (Lipinski definition) is 3. The number of benzene rings is 1. The van der Waals surface area contributed by atoms with Crippen molar-refractivity contribution in [2.45, 2.75) is 26.7 Å². The highest BCUT2D eigenvalue weighted by atomic mass is 32.2. The highest BCUT2D eigenvalue weighted by Crippen LogP contribution is 2.17. The van der Waals surface area contributed by atoms with Crippen molar-refractivity contribution in [3.63, 3.8) is 0 Å². The van der Waals surface area contributed by atoms with Crippen LogP contribution >= 0.6 is 0 Å². The predicted octanol–water partition coefficient (Wildman–Crippen LogP) is 2.18. The van der Waals surface area contributed by atoms with E-state index >= 15 is 0 Å². The van der Waals surface area contributed by atoms with E-state index in [2.05, 4.69) is 19.2 Å². The summed E-state index contributed by atoms with van der Waals surface area (Å²) in [7, 11) is -3.27. The summed E-state index contributed by atoms with van der Waals surface area (Å²) in [5, 5.41) is 2.58. The van der Waals surface area contributed by atoms with Gasteiger partial charge in [0.25, 0.3) is 0 Å². The predicted molar refractivity (Wildman–Crippen MR) is 73.5 cm³/mol. The Hall–Kier alpha value is -1.36. The van der Waals surface area contributed by atoms with Gasteiger partial charge in [0, 0.05) is 11.4 Å². The van der Waals surface area contributed by atoms with Gasteiger partial charge in [0.15, 0.2) is 9.84 Å². The molecule has 4 nitrogen and oxygen atoms in total. The molecule has 0 spiro atoms. The van der Waals surface area contributed by atoms with Gasteiger partial charge in [0.1, 0.15) is 5.75 Å². The molecule has 1 N–H and O–H groups in total. The first kappa shape index (κ1) is 14.7. The van der Waals surface area contributed by atoms with Crippen molar-refractivity contribution in [3.8, 4) is 0 Å². The van der Waals surface area contributed by atoms with Gasteiger partial charge >= 0.3 is 0 Å². The van der Waals surface area contributed by atoms with Gasteiger partial charge in [0.05, 0.1) is 0 Å². The summed E-state index contributed by atoms with van der Waals surface area (Å²) in [4.78, 5) is 11.5. The Kier molecular flexibility index (Phi) is 4.90. The third kappa shape index (κ3) is 4.49. The fraction of sp³-hybridized carbons (Fsp3) is 0.462. The average Bonchev–Trinajstić information content (AvgIpc) is 2.29. The molecule has 100 valence electrons. The fourth-order valence-electron chi connectivity index (χ4n) is 1.45. The van der Waals surface area contributed by atoms with Crippen LogP contribution < -0.4 is 5.32 Å². The molecule has 0 aromatic heterocycles. The number of amides is 1. The van der Waals surface area contributed by atoms with E-state index in [-0.39, 0.29) is 5.75 Å². The SMILES string of the molecule is CCS(=O)(=O)CC(=O)Nc1ccc(C(C)C)cc1. The van der Waals surface area contributed by atoms with Crippen molar-refractivity contribution in [1.82, 2.24) is 0 Å². The van der Waals surface area contributed by atoms with Crippen LogP contribution in [0, 0.1) is 0 Å². The average molecular weight is 269 g/mol. The lowest BCUT2D eigenvalue weighted by molar-refractivity contribution is -0.113. The smallest absolute Gasteiger partial charge is 0.239 e. The van der Waals surface area contributed by atoms with E-state index in [4.69, 9.17) is 0 Å². The molecule has 1 aromatic carbocycles. The van der Waals surface area contributed by atoms with Gasteiger partial charge < -0.3 is 5.32 Å². The molecule has 0 unspecified atom stereocenters. The standard InChI is InChI=1S/C13H19NO3S/c1-4-18(16,17)9-13(15)14-12-7-5-11(6-8-12)10(2)3/h5-8,10H,4,9H2,1-3H3,(H,14,15). The van der Waals surface area contributed by atoms with Crippen LogP contribution in [0.1, 0.15) is 32.3 Å². The van der Waals surface area contributed by atoms with Crippen LogP contribution in [-0.4, -0.2) is 25.8 Å². The molecule has 0 fully saturated rings. The van der Waals surface area contributed by atoms with Crippen LogP contribution in [-0.2, 0) is 14.6 Å². The summed E-state index contributed by atoms with van der Waals surface area (Å²) >= 11 is 0. The summed E-state index contributed by atoms with van der Waals surface area (Å²) in [6.45, 7) is 5.70. The lowest BCUT2D eigenvalue weighted by Crippen LogP contribution is -2.23. The normalized spacial score (nSPS) is 11.6. The summed E-state index contributed by atoms with van der Waals surface area (Å²) in [6.07, 6.45) is 0. The molecule has 0 saturated carbocycles. The first-order chi connectivity index (χ1) is 8.34. The lowest BCUT2D eigenvalue weighted by Gasteiger charge is -2.08. The molecule has 18 heavy (non-hydrogen) atoms. The Morgan fingerprint density at radius 1 is 1.22 bits per heavy atom. The van der Waals surface area contributed by atoms with Gasteiger partial charge in [-0.15, -0.1) is 0 Å². The van der Waals surface area contributed by atoms with Crippen molar-refractivity contribution in [1.29, 1.82) is 0 Å². The zero-order valence-corrected chi connectivity index (χ0v) is 11.8. The highest BCUT2D eigenvalue weighted by Gasteiger charge is 2.14. The highest BCUT2D eigenvalue weighted by molar-refractivity contribution is 7.92. The van der Waals surface area contributed by atoms with Crippen LogP contribution in [0.25, 0.3) is 0 Å². The number of hydrogen-bond donors (Lipinski definition) is 1. The van der Waals surface area contributed by atoms with E-state index in [0.717, 1.165) is 0 Å². The molecule has 0 bridgehead atoms. The monoisotopic (exact) mass is 269 g/mol. The number of carbonyl (C=O) groups is 1. The largest absolute Gasteiger partial charge is 0.325 e. The van der Waals surface area contributed by atoms with E-state index in [1.807, 2.05) is 12.1 Å². The Morgan fingerprint density at radius 3 is 2.22 bits per heavy atom. The topological polar surface area (TPSA) is 63.2 Å². The number of nitrogens with one attached hydrogen (secondary N) is 1. The van der Waals surface area contributed by atoms with Crippen molar-refractivity contribution < 1.29 is 13.2 Å². The summed E-state index contributed by atoms with van der Waals surface area (Å²) < 4.78 is 22.6. The first-order valence-corrected chi connectivity index (χ1v) is 7.76. The molecule has 1 amide bonds. The van der Waals surface area contributed by atoms with E-state index in [9.17, 15) is 13.2 Å². The maximum absolute atomic E-state index is 11.5. The molecule has 0 aliphatic heterocycles. The summed E-state index contributed by atoms with van der Waals surface area (Å²) in [6, 6.07) is 7.42. The van der Waals surface area contributed by atoms with Crippen molar-refractivity contribution >= 4 is 21.4 Å². The minimum Gasteiger partial charge on any atom is -0.325 e. The minimum atomic E-state index is -3.27. The Bertz CT molecular complexity index is 504. The van der Waals surface area contributed by atoms with Gasteiger partial charge in [-0.05, 0) is 23.6 Å². The second kappa shape index (κ2) is 6.00. The molecule has 5 heteroatoms. The second-order valence-corrected chi connectivity index (χ2v) is 6.85. The molecule has 1 rings (SSSR count). The summed E-state index contributed by atoms with van der Waals surface area (Å²) in [5.41, 5.74) is 1.80. The molecule has 0 radical (unpaired) electrons. The van der Waals surface area contributed by atoms with Crippen molar-refractivity contribution in [2.75, 3.05) is 16.8 Å². The van der Waals surface area contributed by atoms with Crippen LogP contribution in [0.15, 0.2) is 24.3 Å². The van der Waals surface area contributed by atoms with E-state index < -0.39 is 21.5 Å². The first-order valence-electron chi connectivity index (χ1n) is 5.94. The van der Waals surface area contributed by atoms with Crippen molar-refractivity contribution in [2.24, 2.45) is 0 Å². The van der Waals surface area contributed by atoms with Crippen LogP contribution in [0.5, 0.6) is 0 Å². The third-order valence-corrected chi connectivity index (χ3v) is 4.23. The van der Waals surface area contributed by atoms with Gasteiger partial charge in [-0.2, -0.15) is 0 Å². The number of sulfone groups is 1. The number of rotatable bonds is 5. The molecule has 0 aliphatic carbocycles. The number of carbonyl (C=O) groups excluding carboxylic acids is 1. The third-order valence-electron chi connectivity index (χ3n) is 2.65. The van der Waals surface area contributed by atoms with Gasteiger partial charge in [-0.1, -0.05) is 32.9 Å². The molecule has 0 aliphatic rings. The maximum atomic E-state index is 11.5. The van der Waals surface area contributed by atoms with Crippen LogP contribution in [0.4, 0.5) is 5.69 Å². The zero-order valence-electron chi connectivity index (χ0n) is 10.9. The molecule has 1 aromatic rings. The molecule has 0 saturated heterocycles. The van der Waals surface area contributed by atoms with Gasteiger partial charge in [-0.3, -0.25) is 4.79 Å². The zero-order chi connectivity index (χ0) is 13.8. The fourth-order valence-corrected chi connectivity index (χ4v) is 2.13.